The van der Waals surface area contributed by atoms with Crippen molar-refractivity contribution in [1.82, 2.24) is 9.78 Å². The molecule has 1 heterocycles. The van der Waals surface area contributed by atoms with E-state index in [0.29, 0.717) is 0 Å². The van der Waals surface area contributed by atoms with Crippen molar-refractivity contribution >= 4 is 17.7 Å². The number of alkyl halides is 3. The zero-order valence-corrected chi connectivity index (χ0v) is 12.1. The minimum atomic E-state index is -4.52. The van der Waals surface area contributed by atoms with E-state index in [0.717, 1.165) is 0 Å². The molecule has 22 heavy (non-hydrogen) atoms. The Bertz CT molecular complexity index is 685. The molecule has 0 radical (unpaired) electrons. The average molecular weight is 332 g/mol. The van der Waals surface area contributed by atoms with E-state index >= 15 is 0 Å². The second kappa shape index (κ2) is 6.30. The number of hydrogen-bond acceptors (Lipinski definition) is 4. The van der Waals surface area contributed by atoms with E-state index in [1.807, 2.05) is 0 Å². The molecule has 0 bridgehead atoms. The molecular formula is C13H11F3N2O3S. The first-order valence-corrected chi connectivity index (χ1v) is 6.81. The summed E-state index contributed by atoms with van der Waals surface area (Å²) in [6.07, 6.45) is 1.60. The number of carboxylic acid groups (broad SMARTS) is 1. The summed E-state index contributed by atoms with van der Waals surface area (Å²) in [4.78, 5) is 11.0. The first-order chi connectivity index (χ1) is 10.3. The maximum atomic E-state index is 12.6. The van der Waals surface area contributed by atoms with Crippen molar-refractivity contribution in [3.8, 4) is 5.88 Å². The number of carboxylic acids is 1. The Morgan fingerprint density at radius 3 is 2.68 bits per heavy atom. The van der Waals surface area contributed by atoms with E-state index in [9.17, 15) is 18.0 Å². The lowest BCUT2D eigenvalue weighted by atomic mass is 10.1. The number of aromatic nitrogens is 2. The number of benzene rings is 1. The van der Waals surface area contributed by atoms with Gasteiger partial charge in [-0.2, -0.15) is 13.2 Å². The third-order valence-corrected chi connectivity index (χ3v) is 3.48. The lowest BCUT2D eigenvalue weighted by molar-refractivity contribution is -0.0328. The Morgan fingerprint density at radius 2 is 2.14 bits per heavy atom. The predicted octanol–water partition coefficient (Wildman–Crippen LogP) is 3.31. The molecule has 0 aliphatic rings. The summed E-state index contributed by atoms with van der Waals surface area (Å²) in [6.45, 7) is -0.322. The van der Waals surface area contributed by atoms with Gasteiger partial charge in [0.1, 0.15) is 6.61 Å². The van der Waals surface area contributed by atoms with Gasteiger partial charge in [-0.05, 0) is 23.9 Å². The Hall–Kier alpha value is -2.16. The minimum Gasteiger partial charge on any atom is -0.478 e. The highest BCUT2D eigenvalue weighted by Crippen LogP contribution is 2.39. The zero-order chi connectivity index (χ0) is 16.3. The van der Waals surface area contributed by atoms with Crippen LogP contribution in [-0.4, -0.2) is 26.4 Å². The number of thioether (sulfide) groups is 1. The average Bonchev–Trinajstić information content (AvgIpc) is 2.81. The molecule has 1 aromatic heterocycles. The van der Waals surface area contributed by atoms with Crippen LogP contribution in [0.2, 0.25) is 0 Å². The minimum absolute atomic E-state index is 0.0389. The standard InChI is InChI=1S/C13H11F3N2O3S/c1-18-6-5-11(17-18)21-7-9-8(12(19)20)3-2-4-10(9)22-13(14,15)16/h2-6H,7H2,1H3,(H,19,20). The summed E-state index contributed by atoms with van der Waals surface area (Å²) in [5.74, 6) is -1.12. The van der Waals surface area contributed by atoms with Crippen LogP contribution in [0.4, 0.5) is 13.2 Å². The Balaban J connectivity index is 2.30. The van der Waals surface area contributed by atoms with Crippen LogP contribution in [0.25, 0.3) is 0 Å². The van der Waals surface area contributed by atoms with Crippen LogP contribution in [0.1, 0.15) is 15.9 Å². The van der Waals surface area contributed by atoms with Gasteiger partial charge < -0.3 is 9.84 Å². The molecule has 0 fully saturated rings. The van der Waals surface area contributed by atoms with E-state index in [4.69, 9.17) is 9.84 Å². The van der Waals surface area contributed by atoms with Crippen LogP contribution in [0, 0.1) is 0 Å². The third-order valence-electron chi connectivity index (χ3n) is 2.64. The second-order valence-electron chi connectivity index (χ2n) is 4.25. The van der Waals surface area contributed by atoms with Gasteiger partial charge in [0.15, 0.2) is 0 Å². The Labute approximate surface area is 127 Å². The molecule has 0 spiro atoms. The predicted molar refractivity (Wildman–Crippen MR) is 72.9 cm³/mol. The molecule has 5 nitrogen and oxygen atoms in total. The first-order valence-electron chi connectivity index (χ1n) is 5.99. The largest absolute Gasteiger partial charge is 0.478 e. The normalized spacial score (nSPS) is 11.5. The molecule has 0 saturated heterocycles. The lowest BCUT2D eigenvalue weighted by Gasteiger charge is -2.13. The molecule has 2 rings (SSSR count). The van der Waals surface area contributed by atoms with Crippen LogP contribution in [0.5, 0.6) is 5.88 Å². The molecule has 2 aromatic rings. The van der Waals surface area contributed by atoms with Gasteiger partial charge in [0.05, 0.1) is 5.56 Å². The number of halogens is 3. The molecule has 0 amide bonds. The van der Waals surface area contributed by atoms with Crippen molar-refractivity contribution < 1.29 is 27.8 Å². The van der Waals surface area contributed by atoms with Crippen LogP contribution < -0.4 is 4.74 Å². The lowest BCUT2D eigenvalue weighted by Crippen LogP contribution is -2.09. The van der Waals surface area contributed by atoms with E-state index in [1.165, 1.54) is 28.9 Å². The number of hydrogen-bond donors (Lipinski definition) is 1. The van der Waals surface area contributed by atoms with E-state index in [-0.39, 0.29) is 40.3 Å². The highest BCUT2D eigenvalue weighted by Gasteiger charge is 2.31. The van der Waals surface area contributed by atoms with Crippen molar-refractivity contribution in [2.45, 2.75) is 17.0 Å². The van der Waals surface area contributed by atoms with Crippen molar-refractivity contribution in [1.29, 1.82) is 0 Å². The van der Waals surface area contributed by atoms with Crippen molar-refractivity contribution in [3.05, 3.63) is 41.6 Å². The maximum absolute atomic E-state index is 12.6. The Morgan fingerprint density at radius 1 is 1.41 bits per heavy atom. The smallest absolute Gasteiger partial charge is 0.446 e. The summed E-state index contributed by atoms with van der Waals surface area (Å²) in [7, 11) is 1.66. The molecule has 0 unspecified atom stereocenters. The van der Waals surface area contributed by atoms with Crippen molar-refractivity contribution in [3.63, 3.8) is 0 Å². The highest BCUT2D eigenvalue weighted by atomic mass is 32.2. The number of aryl methyl sites for hydroxylation is 1. The van der Waals surface area contributed by atoms with Crippen LogP contribution in [-0.2, 0) is 13.7 Å². The summed E-state index contributed by atoms with van der Waals surface area (Å²) in [6, 6.07) is 5.24. The van der Waals surface area contributed by atoms with Gasteiger partial charge in [0.2, 0.25) is 5.88 Å². The fourth-order valence-electron chi connectivity index (χ4n) is 1.75. The SMILES string of the molecule is Cn1ccc(OCc2c(SC(F)(F)F)cccc2C(=O)O)n1. The van der Waals surface area contributed by atoms with Crippen LogP contribution >= 0.6 is 11.8 Å². The quantitative estimate of drug-likeness (QED) is 0.851. The zero-order valence-electron chi connectivity index (χ0n) is 11.3. The third kappa shape index (κ3) is 4.17. The number of rotatable bonds is 5. The molecule has 0 aliphatic carbocycles. The number of nitrogens with zero attached hydrogens (tertiary/aromatic N) is 2. The molecule has 9 heteroatoms. The molecule has 0 saturated carbocycles. The fourth-order valence-corrected chi connectivity index (χ4v) is 2.44. The highest BCUT2D eigenvalue weighted by molar-refractivity contribution is 8.00. The number of carbonyl (C=O) groups is 1. The molecule has 118 valence electrons. The summed E-state index contributed by atoms with van der Waals surface area (Å²) in [5, 5.41) is 13.0. The van der Waals surface area contributed by atoms with Crippen LogP contribution in [0.15, 0.2) is 35.4 Å². The van der Waals surface area contributed by atoms with E-state index in [2.05, 4.69) is 5.10 Å². The van der Waals surface area contributed by atoms with E-state index in [1.54, 1.807) is 13.2 Å². The maximum Gasteiger partial charge on any atom is 0.446 e. The fraction of sp³-hybridized carbons (Fsp3) is 0.231. The molecular weight excluding hydrogens is 321 g/mol. The molecule has 1 N–H and O–H groups in total. The Kier molecular flexibility index (Phi) is 4.65. The van der Waals surface area contributed by atoms with Gasteiger partial charge in [-0.3, -0.25) is 4.68 Å². The molecule has 0 aliphatic heterocycles. The summed E-state index contributed by atoms with van der Waals surface area (Å²) >= 11 is -0.370. The monoisotopic (exact) mass is 332 g/mol. The second-order valence-corrected chi connectivity index (χ2v) is 5.36. The number of aromatic carboxylic acids is 1. The summed E-state index contributed by atoms with van der Waals surface area (Å²) in [5.41, 5.74) is -4.79. The number of ether oxygens (including phenoxy) is 1. The molecule has 0 atom stereocenters. The van der Waals surface area contributed by atoms with Gasteiger partial charge in [0, 0.05) is 29.8 Å². The molecule has 1 aromatic carbocycles. The van der Waals surface area contributed by atoms with Gasteiger partial charge in [-0.25, -0.2) is 4.79 Å². The van der Waals surface area contributed by atoms with Gasteiger partial charge in [0.25, 0.3) is 0 Å². The van der Waals surface area contributed by atoms with Gasteiger partial charge in [-0.1, -0.05) is 6.07 Å². The van der Waals surface area contributed by atoms with Crippen molar-refractivity contribution in [2.24, 2.45) is 7.05 Å². The topological polar surface area (TPSA) is 64.3 Å². The van der Waals surface area contributed by atoms with E-state index < -0.39 is 11.5 Å². The van der Waals surface area contributed by atoms with Crippen molar-refractivity contribution in [2.75, 3.05) is 0 Å². The summed E-state index contributed by atoms with van der Waals surface area (Å²) < 4.78 is 44.5. The first kappa shape index (κ1) is 16.2. The van der Waals surface area contributed by atoms with Gasteiger partial charge >= 0.3 is 11.5 Å². The van der Waals surface area contributed by atoms with Crippen LogP contribution in [0.3, 0.4) is 0 Å². The van der Waals surface area contributed by atoms with Gasteiger partial charge in [-0.15, -0.1) is 5.10 Å².